The SMILES string of the molecule is O=CN(c1cnc(NCC2(c3ncccc3F)CCC2)nc1)c1nncs1. The molecule has 0 unspecified atom stereocenters. The third-order valence-electron chi connectivity index (χ3n) is 4.73. The first-order valence-corrected chi connectivity index (χ1v) is 9.27. The highest BCUT2D eigenvalue weighted by atomic mass is 32.1. The van der Waals surface area contributed by atoms with Crippen molar-refractivity contribution in [3.05, 3.63) is 47.7 Å². The summed E-state index contributed by atoms with van der Waals surface area (Å²) in [5.74, 6) is 0.124. The minimum Gasteiger partial charge on any atom is -0.353 e. The van der Waals surface area contributed by atoms with Gasteiger partial charge in [0.05, 0.1) is 23.8 Å². The van der Waals surface area contributed by atoms with Crippen molar-refractivity contribution in [2.45, 2.75) is 24.7 Å². The molecule has 0 radical (unpaired) electrons. The molecule has 4 rings (SSSR count). The number of nitrogens with zero attached hydrogens (tertiary/aromatic N) is 6. The molecule has 0 spiro atoms. The fourth-order valence-corrected chi connectivity index (χ4v) is 3.70. The summed E-state index contributed by atoms with van der Waals surface area (Å²) in [6.07, 6.45) is 8.07. The predicted molar refractivity (Wildman–Crippen MR) is 98.4 cm³/mol. The number of rotatable bonds is 7. The number of anilines is 3. The number of hydrogen-bond acceptors (Lipinski definition) is 8. The first kappa shape index (κ1) is 17.4. The highest BCUT2D eigenvalue weighted by Gasteiger charge is 2.41. The van der Waals surface area contributed by atoms with Gasteiger partial charge in [0.25, 0.3) is 0 Å². The zero-order valence-electron chi connectivity index (χ0n) is 14.2. The van der Waals surface area contributed by atoms with Crippen molar-refractivity contribution in [2.75, 3.05) is 16.8 Å². The van der Waals surface area contributed by atoms with Crippen LogP contribution in [-0.2, 0) is 10.2 Å². The standard InChI is InChI=1S/C17H16FN7OS/c18-13-3-1-6-19-14(13)17(4-2-5-17)9-22-15-20-7-12(8-21-15)25(11-26)16-24-23-10-27-16/h1,3,6-8,10-11H,2,4-5,9H2,(H,20,21,22). The number of carbonyl (C=O) groups excluding carboxylic acids is 1. The summed E-state index contributed by atoms with van der Waals surface area (Å²) < 4.78 is 14.2. The van der Waals surface area contributed by atoms with Crippen LogP contribution in [0.4, 0.5) is 21.2 Å². The van der Waals surface area contributed by atoms with Crippen LogP contribution in [0.15, 0.2) is 36.2 Å². The Bertz CT molecular complexity index is 915. The second-order valence-electron chi connectivity index (χ2n) is 6.28. The second-order valence-corrected chi connectivity index (χ2v) is 7.09. The molecule has 1 saturated carbocycles. The molecule has 1 amide bonds. The third kappa shape index (κ3) is 3.35. The molecule has 10 heteroatoms. The number of nitrogens with one attached hydrogen (secondary N) is 1. The van der Waals surface area contributed by atoms with Crippen LogP contribution in [0.5, 0.6) is 0 Å². The van der Waals surface area contributed by atoms with E-state index in [1.807, 2.05) is 0 Å². The molecule has 1 aliphatic carbocycles. The van der Waals surface area contributed by atoms with Crippen molar-refractivity contribution < 1.29 is 9.18 Å². The molecule has 138 valence electrons. The predicted octanol–water partition coefficient (Wildman–Crippen LogP) is 2.69. The van der Waals surface area contributed by atoms with Gasteiger partial charge in [-0.15, -0.1) is 10.2 Å². The topological polar surface area (TPSA) is 96.8 Å². The molecular weight excluding hydrogens is 369 g/mol. The molecule has 0 saturated heterocycles. The lowest BCUT2D eigenvalue weighted by Gasteiger charge is -2.41. The maximum atomic E-state index is 14.2. The van der Waals surface area contributed by atoms with Gasteiger partial charge in [0.1, 0.15) is 11.3 Å². The summed E-state index contributed by atoms with van der Waals surface area (Å²) in [7, 11) is 0. The van der Waals surface area contributed by atoms with E-state index >= 15 is 0 Å². The summed E-state index contributed by atoms with van der Waals surface area (Å²) in [6.45, 7) is 0.494. The van der Waals surface area contributed by atoms with E-state index in [1.54, 1.807) is 12.3 Å². The van der Waals surface area contributed by atoms with Gasteiger partial charge in [0, 0.05) is 18.2 Å². The minimum atomic E-state index is -0.339. The first-order valence-electron chi connectivity index (χ1n) is 8.39. The van der Waals surface area contributed by atoms with Crippen LogP contribution in [0.2, 0.25) is 0 Å². The smallest absolute Gasteiger partial charge is 0.222 e. The van der Waals surface area contributed by atoms with Crippen LogP contribution in [0.3, 0.4) is 0 Å². The Morgan fingerprint density at radius 1 is 1.30 bits per heavy atom. The number of pyridine rings is 1. The third-order valence-corrected chi connectivity index (χ3v) is 5.42. The van der Waals surface area contributed by atoms with Crippen molar-refractivity contribution in [3.63, 3.8) is 0 Å². The fourth-order valence-electron chi connectivity index (χ4n) is 3.15. The Kier molecular flexibility index (Phi) is 4.71. The first-order chi connectivity index (χ1) is 13.2. The molecule has 1 aliphatic rings. The Hall–Kier alpha value is -3.01. The summed E-state index contributed by atoms with van der Waals surface area (Å²) >= 11 is 1.24. The maximum Gasteiger partial charge on any atom is 0.222 e. The molecule has 0 bridgehead atoms. The van der Waals surface area contributed by atoms with Crippen LogP contribution in [0, 0.1) is 5.82 Å². The molecule has 8 nitrogen and oxygen atoms in total. The highest BCUT2D eigenvalue weighted by Crippen LogP contribution is 2.43. The minimum absolute atomic E-state index is 0.283. The van der Waals surface area contributed by atoms with E-state index in [4.69, 9.17) is 0 Å². The molecule has 3 heterocycles. The van der Waals surface area contributed by atoms with E-state index in [0.717, 1.165) is 19.3 Å². The number of hydrogen-bond donors (Lipinski definition) is 1. The number of carbonyl (C=O) groups is 1. The Morgan fingerprint density at radius 2 is 2.11 bits per heavy atom. The van der Waals surface area contributed by atoms with Crippen molar-refractivity contribution >= 4 is 34.5 Å². The quantitative estimate of drug-likeness (QED) is 0.625. The van der Waals surface area contributed by atoms with Gasteiger partial charge in [-0.3, -0.25) is 14.7 Å². The molecule has 3 aromatic rings. The highest BCUT2D eigenvalue weighted by molar-refractivity contribution is 7.13. The zero-order chi connectivity index (χ0) is 18.7. The van der Waals surface area contributed by atoms with Gasteiger partial charge >= 0.3 is 0 Å². The fraction of sp³-hybridized carbons (Fsp3) is 0.294. The van der Waals surface area contributed by atoms with Crippen molar-refractivity contribution in [1.29, 1.82) is 0 Å². The zero-order valence-corrected chi connectivity index (χ0v) is 15.1. The Morgan fingerprint density at radius 3 is 2.70 bits per heavy atom. The van der Waals surface area contributed by atoms with E-state index in [9.17, 15) is 9.18 Å². The molecule has 1 N–H and O–H groups in total. The van der Waals surface area contributed by atoms with Gasteiger partial charge in [0.2, 0.25) is 17.5 Å². The molecule has 0 aliphatic heterocycles. The average Bonchev–Trinajstić information content (AvgIpc) is 3.18. The number of amides is 1. The number of aromatic nitrogens is 5. The van der Waals surface area contributed by atoms with Gasteiger partial charge < -0.3 is 5.32 Å². The van der Waals surface area contributed by atoms with Gasteiger partial charge in [-0.25, -0.2) is 14.4 Å². The van der Waals surface area contributed by atoms with Crippen LogP contribution >= 0.6 is 11.3 Å². The van der Waals surface area contributed by atoms with Crippen LogP contribution in [0.25, 0.3) is 0 Å². The lowest BCUT2D eigenvalue weighted by atomic mass is 9.66. The molecule has 3 aromatic heterocycles. The summed E-state index contributed by atoms with van der Waals surface area (Å²) in [5.41, 5.74) is 2.18. The Labute approximate surface area is 158 Å². The van der Waals surface area contributed by atoms with Gasteiger partial charge in [-0.05, 0) is 25.0 Å². The molecule has 0 aromatic carbocycles. The van der Waals surface area contributed by atoms with E-state index in [1.165, 1.54) is 40.2 Å². The lowest BCUT2D eigenvalue weighted by Crippen LogP contribution is -2.42. The van der Waals surface area contributed by atoms with Gasteiger partial charge in [0.15, 0.2) is 0 Å². The molecule has 0 atom stereocenters. The number of halogens is 1. The molecule has 27 heavy (non-hydrogen) atoms. The van der Waals surface area contributed by atoms with E-state index in [2.05, 4.69) is 30.5 Å². The van der Waals surface area contributed by atoms with Crippen molar-refractivity contribution in [3.8, 4) is 0 Å². The maximum absolute atomic E-state index is 14.2. The van der Waals surface area contributed by atoms with Crippen molar-refractivity contribution in [2.24, 2.45) is 0 Å². The van der Waals surface area contributed by atoms with E-state index in [0.29, 0.717) is 35.4 Å². The van der Waals surface area contributed by atoms with Crippen LogP contribution < -0.4 is 10.2 Å². The van der Waals surface area contributed by atoms with Crippen molar-refractivity contribution in [1.82, 2.24) is 25.1 Å². The summed E-state index contributed by atoms with van der Waals surface area (Å²) in [5, 5.41) is 11.2. The normalized spacial score (nSPS) is 15.0. The van der Waals surface area contributed by atoms with Gasteiger partial charge in [-0.1, -0.05) is 17.8 Å². The Balaban J connectivity index is 1.47. The van der Waals surface area contributed by atoms with Gasteiger partial charge in [-0.2, -0.15) is 0 Å². The van der Waals surface area contributed by atoms with Crippen LogP contribution in [0.1, 0.15) is 25.0 Å². The molecule has 1 fully saturated rings. The van der Waals surface area contributed by atoms with E-state index < -0.39 is 0 Å². The largest absolute Gasteiger partial charge is 0.353 e. The monoisotopic (exact) mass is 385 g/mol. The van der Waals surface area contributed by atoms with Crippen LogP contribution in [-0.4, -0.2) is 38.1 Å². The molecular formula is C17H16FN7OS. The summed E-state index contributed by atoms with van der Waals surface area (Å²) in [4.78, 5) is 25.4. The second kappa shape index (κ2) is 7.31. The van der Waals surface area contributed by atoms with E-state index in [-0.39, 0.29) is 11.2 Å². The summed E-state index contributed by atoms with van der Waals surface area (Å²) in [6, 6.07) is 3.03. The average molecular weight is 385 g/mol. The lowest BCUT2D eigenvalue weighted by molar-refractivity contribution is -0.106.